The second-order valence-corrected chi connectivity index (χ2v) is 10.8. The third-order valence-electron chi connectivity index (χ3n) is 4.94. The zero-order valence-corrected chi connectivity index (χ0v) is 26.3. The van der Waals surface area contributed by atoms with Gasteiger partial charge in [0.2, 0.25) is 0 Å². The average molecular weight is 584 g/mol. The molecule has 1 unspecified atom stereocenters. The molecule has 2 aromatic rings. The van der Waals surface area contributed by atoms with Crippen LogP contribution in [0.25, 0.3) is 0 Å². The van der Waals surface area contributed by atoms with Crippen LogP contribution in [0.15, 0.2) is 61.5 Å². The number of hydrazone groups is 1. The van der Waals surface area contributed by atoms with Crippen LogP contribution in [0.4, 0.5) is 11.4 Å². The van der Waals surface area contributed by atoms with Crippen LogP contribution in [-0.4, -0.2) is 69.6 Å². The van der Waals surface area contributed by atoms with E-state index in [0.29, 0.717) is 5.01 Å². The molecule has 0 aromatic heterocycles. The zero-order valence-electron chi connectivity index (χ0n) is 20.7. The quantitative estimate of drug-likeness (QED) is 0.167. The Kier molecular flexibility index (Phi) is 12.2. The van der Waals surface area contributed by atoms with Crippen LogP contribution >= 0.6 is 0 Å². The van der Waals surface area contributed by atoms with Crippen molar-refractivity contribution in [3.63, 3.8) is 0 Å². The van der Waals surface area contributed by atoms with E-state index in [4.69, 9.17) is 9.84 Å². The van der Waals surface area contributed by atoms with Crippen LogP contribution < -0.4 is 74.0 Å². The fourth-order valence-corrected chi connectivity index (χ4v) is 4.99. The first-order chi connectivity index (χ1) is 16.8. The number of carboxylic acids is 1. The second kappa shape index (κ2) is 13.6. The van der Waals surface area contributed by atoms with E-state index in [9.17, 15) is 36.1 Å². The second-order valence-electron chi connectivity index (χ2n) is 7.32. The summed E-state index contributed by atoms with van der Waals surface area (Å²) in [6.45, 7) is 0.873. The first kappa shape index (κ1) is 34.3. The van der Waals surface area contributed by atoms with Crippen LogP contribution in [0.5, 0.6) is 5.75 Å². The number of hydrogen-bond donors (Lipinski definition) is 1. The molecule has 3 rings (SSSR count). The van der Waals surface area contributed by atoms with Gasteiger partial charge in [0.05, 0.1) is 40.9 Å². The van der Waals surface area contributed by atoms with Crippen molar-refractivity contribution < 1.29 is 105 Å². The molecular formula is C20H18N4Na2O10S2. The Balaban J connectivity index is 0.00000361. The van der Waals surface area contributed by atoms with E-state index < -0.39 is 60.8 Å². The standard InChI is InChI=1S/C20H20N4O10S2.2Na/c1-11-9-14(15(34-2)10-16(11)35(29,30)8-7-25)21-22-17-18(20(27)28)23-24(19(17)26)12-3-5-13(6-4-12)36(31,32)33;;/h3-6,9-10,17,25H,7-8H2,1-2H3,(H,27,28)(H,31,32,33);;/q;2*+1/p-2. The Morgan fingerprint density at radius 2 is 1.76 bits per heavy atom. The molecule has 18 heteroatoms. The van der Waals surface area contributed by atoms with Crippen LogP contribution in [0.1, 0.15) is 5.56 Å². The van der Waals surface area contributed by atoms with Crippen molar-refractivity contribution in [2.24, 2.45) is 15.3 Å². The van der Waals surface area contributed by atoms with Gasteiger partial charge in [-0.25, -0.2) is 16.8 Å². The number of nitrogens with zero attached hydrogens (tertiary/aromatic N) is 4. The fourth-order valence-electron chi connectivity index (χ4n) is 3.22. The summed E-state index contributed by atoms with van der Waals surface area (Å²) < 4.78 is 63.1. The largest absolute Gasteiger partial charge is 1.00 e. The molecule has 0 aliphatic carbocycles. The number of aliphatic hydroxyl groups is 1. The van der Waals surface area contributed by atoms with Gasteiger partial charge in [-0.05, 0) is 42.8 Å². The maximum atomic E-state index is 12.9. The van der Waals surface area contributed by atoms with Crippen LogP contribution in [0.3, 0.4) is 0 Å². The van der Waals surface area contributed by atoms with E-state index in [0.717, 1.165) is 30.3 Å². The molecule has 0 saturated heterocycles. The van der Waals surface area contributed by atoms with Crippen LogP contribution in [0.2, 0.25) is 0 Å². The van der Waals surface area contributed by atoms with Gasteiger partial charge in [0.25, 0.3) is 5.91 Å². The molecule has 1 atom stereocenters. The van der Waals surface area contributed by atoms with E-state index >= 15 is 0 Å². The van der Waals surface area contributed by atoms with Crippen molar-refractivity contribution >= 4 is 48.9 Å². The summed E-state index contributed by atoms with van der Waals surface area (Å²) in [7, 11) is -7.34. The number of methoxy groups -OCH3 is 1. The Morgan fingerprint density at radius 1 is 1.16 bits per heavy atom. The first-order valence-electron chi connectivity index (χ1n) is 9.93. The first-order valence-corrected chi connectivity index (χ1v) is 13.0. The third kappa shape index (κ3) is 7.47. The smallest absolute Gasteiger partial charge is 0.744 e. The number of carbonyl (C=O) groups excluding carboxylic acids is 2. The van der Waals surface area contributed by atoms with Gasteiger partial charge in [-0.2, -0.15) is 20.3 Å². The van der Waals surface area contributed by atoms with Gasteiger partial charge in [-0.3, -0.25) is 4.79 Å². The molecule has 1 amide bonds. The van der Waals surface area contributed by atoms with E-state index in [1.165, 1.54) is 20.1 Å². The minimum Gasteiger partial charge on any atom is -0.744 e. The number of amides is 1. The van der Waals surface area contributed by atoms with Gasteiger partial charge < -0.3 is 24.3 Å². The number of aliphatic carboxylic acids is 1. The van der Waals surface area contributed by atoms with Gasteiger partial charge >= 0.3 is 59.1 Å². The van der Waals surface area contributed by atoms with E-state index in [2.05, 4.69) is 15.3 Å². The molecule has 14 nitrogen and oxygen atoms in total. The summed E-state index contributed by atoms with van der Waals surface area (Å²) in [5.74, 6) is -3.35. The van der Waals surface area contributed by atoms with Crippen molar-refractivity contribution in [3.05, 3.63) is 42.0 Å². The summed E-state index contributed by atoms with van der Waals surface area (Å²) in [5.41, 5.74) is -0.621. The predicted octanol–water partition coefficient (Wildman–Crippen LogP) is -6.71. The van der Waals surface area contributed by atoms with Gasteiger partial charge in [-0.1, -0.05) is 0 Å². The Hall–Kier alpha value is -1.73. The molecule has 0 radical (unpaired) electrons. The number of hydrogen-bond acceptors (Lipinski definition) is 13. The van der Waals surface area contributed by atoms with Crippen molar-refractivity contribution in [3.8, 4) is 5.75 Å². The monoisotopic (exact) mass is 584 g/mol. The molecule has 0 fully saturated rings. The number of carboxylic acid groups (broad SMARTS) is 1. The Morgan fingerprint density at radius 3 is 2.26 bits per heavy atom. The van der Waals surface area contributed by atoms with E-state index in [-0.39, 0.29) is 86.7 Å². The van der Waals surface area contributed by atoms with E-state index in [1.54, 1.807) is 0 Å². The third-order valence-corrected chi connectivity index (χ3v) is 7.62. The van der Waals surface area contributed by atoms with Crippen molar-refractivity contribution in [1.82, 2.24) is 0 Å². The summed E-state index contributed by atoms with van der Waals surface area (Å²) >= 11 is 0. The number of ether oxygens (including phenoxy) is 1. The predicted molar refractivity (Wildman–Crippen MR) is 120 cm³/mol. The number of anilines is 1. The Bertz CT molecular complexity index is 1490. The minimum absolute atomic E-state index is 0. The molecule has 192 valence electrons. The Labute approximate surface area is 262 Å². The van der Waals surface area contributed by atoms with Crippen molar-refractivity contribution in [2.45, 2.75) is 22.8 Å². The molecule has 1 N–H and O–H groups in total. The van der Waals surface area contributed by atoms with Crippen LogP contribution in [-0.2, 0) is 29.5 Å². The average Bonchev–Trinajstić information content (AvgIpc) is 3.13. The van der Waals surface area contributed by atoms with Gasteiger partial charge in [0.15, 0.2) is 15.9 Å². The SMILES string of the molecule is COc1cc(S(=O)(=O)CCO)c(C)cc1N=NC1C(=O)N(c2ccc(S(=O)(=O)[O-])cc2)N=C1C(=O)[O-].[Na+].[Na+]. The molecular weight excluding hydrogens is 566 g/mol. The number of benzene rings is 2. The normalized spacial score (nSPS) is 15.6. The molecule has 1 heterocycles. The summed E-state index contributed by atoms with van der Waals surface area (Å²) in [5, 5.41) is 32.5. The molecule has 0 saturated carbocycles. The number of sulfone groups is 1. The topological polar surface area (TPSA) is 218 Å². The molecule has 0 bridgehead atoms. The molecule has 0 spiro atoms. The molecule has 38 heavy (non-hydrogen) atoms. The van der Waals surface area contributed by atoms with Gasteiger partial charge in [0, 0.05) is 6.07 Å². The van der Waals surface area contributed by atoms with Crippen molar-refractivity contribution in [1.29, 1.82) is 0 Å². The van der Waals surface area contributed by atoms with Crippen LogP contribution in [0, 0.1) is 6.92 Å². The number of rotatable bonds is 9. The number of aryl methyl sites for hydroxylation is 1. The fraction of sp³-hybridized carbons (Fsp3) is 0.250. The maximum Gasteiger partial charge on any atom is 1.00 e. The number of carbonyl (C=O) groups is 2. The zero-order chi connectivity index (χ0) is 26.8. The summed E-state index contributed by atoms with van der Waals surface area (Å²) in [4.78, 5) is 23.7. The number of azo groups is 1. The van der Waals surface area contributed by atoms with Gasteiger partial charge in [-0.15, -0.1) is 0 Å². The van der Waals surface area contributed by atoms with E-state index in [1.807, 2.05) is 0 Å². The summed E-state index contributed by atoms with van der Waals surface area (Å²) in [6.07, 6.45) is 0. The number of aliphatic hydroxyl groups excluding tert-OH is 1. The molecule has 1 aliphatic rings. The maximum absolute atomic E-state index is 12.9. The van der Waals surface area contributed by atoms with Crippen molar-refractivity contribution in [2.75, 3.05) is 24.5 Å². The summed E-state index contributed by atoms with van der Waals surface area (Å²) in [6, 6.07) is 4.72. The molecule has 1 aliphatic heterocycles. The minimum atomic E-state index is -4.75. The van der Waals surface area contributed by atoms with Gasteiger partial charge in [0.1, 0.15) is 27.3 Å². The molecule has 2 aromatic carbocycles.